The van der Waals surface area contributed by atoms with Crippen LogP contribution in [0.2, 0.25) is 0 Å². The molecule has 1 aliphatic heterocycles. The molecule has 1 aliphatic rings. The third kappa shape index (κ3) is 4.25. The SMILES string of the molecule is O=C(Cn1cc2c(F)cc(-c3ccc(N4CCNCC4)nc3)cc2n1)Nc1nccs1. The van der Waals surface area contributed by atoms with Gasteiger partial charge in [-0.05, 0) is 29.8 Å². The van der Waals surface area contributed by atoms with Crippen LogP contribution in [0.25, 0.3) is 22.0 Å². The van der Waals surface area contributed by atoms with Crippen LogP contribution >= 0.6 is 11.3 Å². The highest BCUT2D eigenvalue weighted by atomic mass is 32.1. The van der Waals surface area contributed by atoms with Crippen LogP contribution in [-0.4, -0.2) is 51.8 Å². The predicted octanol–water partition coefficient (Wildman–Crippen LogP) is 2.74. The van der Waals surface area contributed by atoms with Crippen molar-refractivity contribution in [3.63, 3.8) is 0 Å². The summed E-state index contributed by atoms with van der Waals surface area (Å²) >= 11 is 1.33. The first-order valence-electron chi connectivity index (χ1n) is 9.94. The second-order valence-electron chi connectivity index (χ2n) is 7.25. The fraction of sp³-hybridized carbons (Fsp3) is 0.238. The molecule has 1 amide bonds. The van der Waals surface area contributed by atoms with E-state index in [1.165, 1.54) is 22.1 Å². The van der Waals surface area contributed by atoms with Crippen molar-refractivity contribution in [1.82, 2.24) is 25.1 Å². The first kappa shape index (κ1) is 19.6. The smallest absolute Gasteiger partial charge is 0.247 e. The Morgan fingerprint density at radius 2 is 2.06 bits per heavy atom. The minimum Gasteiger partial charge on any atom is -0.354 e. The second kappa shape index (κ2) is 8.40. The third-order valence-corrected chi connectivity index (χ3v) is 5.82. The summed E-state index contributed by atoms with van der Waals surface area (Å²) in [6.07, 6.45) is 4.92. The van der Waals surface area contributed by atoms with E-state index in [1.807, 2.05) is 18.2 Å². The van der Waals surface area contributed by atoms with Gasteiger partial charge in [-0.1, -0.05) is 0 Å². The number of benzene rings is 1. The summed E-state index contributed by atoms with van der Waals surface area (Å²) in [6.45, 7) is 3.69. The molecule has 1 saturated heterocycles. The van der Waals surface area contributed by atoms with Gasteiger partial charge in [0.25, 0.3) is 0 Å². The summed E-state index contributed by atoms with van der Waals surface area (Å²) in [5.74, 6) is 0.267. The minimum absolute atomic E-state index is 0.0238. The van der Waals surface area contributed by atoms with Gasteiger partial charge < -0.3 is 15.5 Å². The van der Waals surface area contributed by atoms with Gasteiger partial charge in [-0.25, -0.2) is 14.4 Å². The van der Waals surface area contributed by atoms with Crippen LogP contribution in [0, 0.1) is 5.82 Å². The summed E-state index contributed by atoms with van der Waals surface area (Å²) in [5, 5.41) is 13.1. The maximum Gasteiger partial charge on any atom is 0.247 e. The van der Waals surface area contributed by atoms with Gasteiger partial charge in [0, 0.05) is 55.7 Å². The van der Waals surface area contributed by atoms with Crippen LogP contribution < -0.4 is 15.5 Å². The monoisotopic (exact) mass is 437 g/mol. The molecule has 8 nitrogen and oxygen atoms in total. The number of hydrogen-bond donors (Lipinski definition) is 2. The Kier molecular flexibility index (Phi) is 5.31. The first-order valence-corrected chi connectivity index (χ1v) is 10.8. The van der Waals surface area contributed by atoms with Gasteiger partial charge in [-0.15, -0.1) is 11.3 Å². The van der Waals surface area contributed by atoms with Crippen molar-refractivity contribution >= 4 is 39.1 Å². The second-order valence-corrected chi connectivity index (χ2v) is 8.14. The summed E-state index contributed by atoms with van der Waals surface area (Å²) in [7, 11) is 0. The average molecular weight is 438 g/mol. The number of aromatic nitrogens is 4. The van der Waals surface area contributed by atoms with Crippen LogP contribution in [0.15, 0.2) is 48.2 Å². The van der Waals surface area contributed by atoms with E-state index in [0.29, 0.717) is 21.6 Å². The maximum absolute atomic E-state index is 14.8. The molecule has 0 spiro atoms. The van der Waals surface area contributed by atoms with Crippen molar-refractivity contribution in [2.24, 2.45) is 0 Å². The maximum atomic E-state index is 14.8. The lowest BCUT2D eigenvalue weighted by Crippen LogP contribution is -2.43. The summed E-state index contributed by atoms with van der Waals surface area (Å²) < 4.78 is 16.2. The predicted molar refractivity (Wildman–Crippen MR) is 119 cm³/mol. The molecular formula is C21H20FN7OS. The molecule has 31 heavy (non-hydrogen) atoms. The highest BCUT2D eigenvalue weighted by Crippen LogP contribution is 2.27. The van der Waals surface area contributed by atoms with Crippen LogP contribution in [-0.2, 0) is 11.3 Å². The molecule has 0 radical (unpaired) electrons. The lowest BCUT2D eigenvalue weighted by atomic mass is 10.1. The van der Waals surface area contributed by atoms with Gasteiger partial charge in [0.05, 0.1) is 10.9 Å². The number of rotatable bonds is 5. The van der Waals surface area contributed by atoms with E-state index in [-0.39, 0.29) is 18.3 Å². The Morgan fingerprint density at radius 1 is 1.19 bits per heavy atom. The zero-order chi connectivity index (χ0) is 21.2. The molecule has 4 aromatic rings. The van der Waals surface area contributed by atoms with Crippen molar-refractivity contribution in [2.75, 3.05) is 36.4 Å². The van der Waals surface area contributed by atoms with Gasteiger partial charge >= 0.3 is 0 Å². The Morgan fingerprint density at radius 3 is 2.81 bits per heavy atom. The van der Waals surface area contributed by atoms with Crippen LogP contribution in [0.4, 0.5) is 15.3 Å². The van der Waals surface area contributed by atoms with E-state index in [0.717, 1.165) is 37.6 Å². The number of anilines is 2. The lowest BCUT2D eigenvalue weighted by molar-refractivity contribution is -0.116. The fourth-order valence-corrected chi connectivity index (χ4v) is 4.15. The van der Waals surface area contributed by atoms with Crippen LogP contribution in [0.1, 0.15) is 0 Å². The number of carbonyl (C=O) groups is 1. The average Bonchev–Trinajstić information content (AvgIpc) is 3.44. The van der Waals surface area contributed by atoms with Crippen molar-refractivity contribution in [1.29, 1.82) is 0 Å². The Balaban J connectivity index is 1.36. The van der Waals surface area contributed by atoms with E-state index in [1.54, 1.807) is 24.0 Å². The van der Waals surface area contributed by atoms with Crippen molar-refractivity contribution in [3.05, 3.63) is 54.1 Å². The normalized spacial score (nSPS) is 14.2. The van der Waals surface area contributed by atoms with Gasteiger partial charge in [-0.3, -0.25) is 9.48 Å². The number of nitrogens with zero attached hydrogens (tertiary/aromatic N) is 5. The highest BCUT2D eigenvalue weighted by Gasteiger charge is 2.14. The molecule has 1 aromatic carbocycles. The summed E-state index contributed by atoms with van der Waals surface area (Å²) in [6, 6.07) is 7.20. The van der Waals surface area contributed by atoms with E-state index < -0.39 is 0 Å². The van der Waals surface area contributed by atoms with Crippen LogP contribution in [0.5, 0.6) is 0 Å². The van der Waals surface area contributed by atoms with Gasteiger partial charge in [0.2, 0.25) is 5.91 Å². The largest absolute Gasteiger partial charge is 0.354 e. The standard InChI is InChI=1S/C21H20FN7OS/c22-17-9-15(14-1-2-19(25-11-14)28-6-3-23-4-7-28)10-18-16(17)12-29(27-18)13-20(30)26-21-24-5-8-31-21/h1-2,5,8-12,23H,3-4,6-7,13H2,(H,24,26,30). The molecule has 0 atom stereocenters. The summed E-state index contributed by atoms with van der Waals surface area (Å²) in [4.78, 5) is 23.0. The molecule has 0 aliphatic carbocycles. The molecule has 2 N–H and O–H groups in total. The van der Waals surface area contributed by atoms with E-state index in [2.05, 4.69) is 30.6 Å². The molecule has 0 unspecified atom stereocenters. The van der Waals surface area contributed by atoms with E-state index >= 15 is 0 Å². The first-order chi connectivity index (χ1) is 15.2. The number of pyridine rings is 1. The van der Waals surface area contributed by atoms with Crippen molar-refractivity contribution < 1.29 is 9.18 Å². The summed E-state index contributed by atoms with van der Waals surface area (Å²) in [5.41, 5.74) is 2.00. The van der Waals surface area contributed by atoms with Crippen LogP contribution in [0.3, 0.4) is 0 Å². The topological polar surface area (TPSA) is 88.0 Å². The molecular weight excluding hydrogens is 417 g/mol. The van der Waals surface area contributed by atoms with Gasteiger partial charge in [0.1, 0.15) is 18.2 Å². The van der Waals surface area contributed by atoms with Gasteiger partial charge in [-0.2, -0.15) is 5.10 Å². The van der Waals surface area contributed by atoms with Crippen molar-refractivity contribution in [2.45, 2.75) is 6.54 Å². The number of fused-ring (bicyclic) bond motifs is 1. The Bertz CT molecular complexity index is 1200. The highest BCUT2D eigenvalue weighted by molar-refractivity contribution is 7.13. The zero-order valence-corrected chi connectivity index (χ0v) is 17.4. The number of carbonyl (C=O) groups excluding carboxylic acids is 1. The fourth-order valence-electron chi connectivity index (χ4n) is 3.61. The minimum atomic E-state index is -0.384. The molecule has 0 saturated carbocycles. The number of halogens is 1. The molecule has 5 rings (SSSR count). The van der Waals surface area contributed by atoms with E-state index in [9.17, 15) is 9.18 Å². The quantitative estimate of drug-likeness (QED) is 0.499. The number of nitrogens with one attached hydrogen (secondary N) is 2. The third-order valence-electron chi connectivity index (χ3n) is 5.13. The molecule has 3 aromatic heterocycles. The molecule has 0 bridgehead atoms. The molecule has 1 fully saturated rings. The Hall–Kier alpha value is -3.37. The Labute approximate surface area is 181 Å². The number of piperazine rings is 1. The zero-order valence-electron chi connectivity index (χ0n) is 16.6. The van der Waals surface area contributed by atoms with Crippen molar-refractivity contribution in [3.8, 4) is 11.1 Å². The number of thiazole rings is 1. The van der Waals surface area contributed by atoms with E-state index in [4.69, 9.17) is 0 Å². The van der Waals surface area contributed by atoms with Gasteiger partial charge in [0.15, 0.2) is 5.13 Å². The molecule has 158 valence electrons. The number of amides is 1. The molecule has 10 heteroatoms. The lowest BCUT2D eigenvalue weighted by Gasteiger charge is -2.28. The molecule has 4 heterocycles. The number of hydrogen-bond acceptors (Lipinski definition) is 7.